The number of aliphatic hydroxyl groups is 2. The Hall–Kier alpha value is -1.06. The van der Waals surface area contributed by atoms with Gasteiger partial charge in [0.15, 0.2) is 0 Å². The fraction of sp³-hybridized carbons (Fsp3) is 0.538. The molecule has 0 fully saturated rings. The molecule has 0 aliphatic rings. The average molecular weight is 224 g/mol. The van der Waals surface area contributed by atoms with Crippen LogP contribution in [-0.4, -0.2) is 29.5 Å². The SMILES string of the molecule is CCC(O)C(O)CCc1ccccc1OC. The lowest BCUT2D eigenvalue weighted by molar-refractivity contribution is 0.0130. The van der Waals surface area contributed by atoms with Crippen LogP contribution in [0.3, 0.4) is 0 Å². The Kier molecular flexibility index (Phi) is 5.29. The molecule has 1 rings (SSSR count). The van der Waals surface area contributed by atoms with Gasteiger partial charge in [-0.15, -0.1) is 0 Å². The summed E-state index contributed by atoms with van der Waals surface area (Å²) < 4.78 is 5.22. The zero-order valence-corrected chi connectivity index (χ0v) is 9.89. The van der Waals surface area contributed by atoms with E-state index in [1.54, 1.807) is 7.11 Å². The average Bonchev–Trinajstić information content (AvgIpc) is 2.35. The van der Waals surface area contributed by atoms with Crippen molar-refractivity contribution in [3.05, 3.63) is 29.8 Å². The third kappa shape index (κ3) is 3.51. The molecule has 0 aliphatic carbocycles. The van der Waals surface area contributed by atoms with E-state index in [9.17, 15) is 10.2 Å². The van der Waals surface area contributed by atoms with Crippen LogP contribution in [0, 0.1) is 0 Å². The maximum atomic E-state index is 9.65. The Morgan fingerprint density at radius 3 is 2.50 bits per heavy atom. The lowest BCUT2D eigenvalue weighted by Crippen LogP contribution is -2.25. The van der Waals surface area contributed by atoms with E-state index in [-0.39, 0.29) is 0 Å². The highest BCUT2D eigenvalue weighted by atomic mass is 16.5. The maximum Gasteiger partial charge on any atom is 0.122 e. The zero-order chi connectivity index (χ0) is 12.0. The fourth-order valence-electron chi connectivity index (χ4n) is 1.68. The molecule has 2 N–H and O–H groups in total. The summed E-state index contributed by atoms with van der Waals surface area (Å²) in [5, 5.41) is 19.1. The normalized spacial score (nSPS) is 14.5. The molecule has 3 heteroatoms. The van der Waals surface area contributed by atoms with E-state index in [4.69, 9.17) is 4.74 Å². The number of aryl methyl sites for hydroxylation is 1. The number of rotatable bonds is 6. The largest absolute Gasteiger partial charge is 0.496 e. The standard InChI is InChI=1S/C13H20O3/c1-3-11(14)12(15)9-8-10-6-4-5-7-13(10)16-2/h4-7,11-12,14-15H,3,8-9H2,1-2H3. The van der Waals surface area contributed by atoms with Gasteiger partial charge in [0, 0.05) is 0 Å². The van der Waals surface area contributed by atoms with E-state index in [0.29, 0.717) is 19.3 Å². The second-order valence-electron chi connectivity index (χ2n) is 3.89. The van der Waals surface area contributed by atoms with Gasteiger partial charge in [0.25, 0.3) is 0 Å². The van der Waals surface area contributed by atoms with Gasteiger partial charge >= 0.3 is 0 Å². The lowest BCUT2D eigenvalue weighted by atomic mass is 10.0. The van der Waals surface area contributed by atoms with Gasteiger partial charge in [-0.05, 0) is 30.9 Å². The van der Waals surface area contributed by atoms with Crippen LogP contribution >= 0.6 is 0 Å². The van der Waals surface area contributed by atoms with Crippen LogP contribution in [0.4, 0.5) is 0 Å². The highest BCUT2D eigenvalue weighted by Crippen LogP contribution is 2.20. The molecule has 2 atom stereocenters. The summed E-state index contributed by atoms with van der Waals surface area (Å²) in [4.78, 5) is 0. The summed E-state index contributed by atoms with van der Waals surface area (Å²) in [5.74, 6) is 0.834. The van der Waals surface area contributed by atoms with Gasteiger partial charge in [0.1, 0.15) is 5.75 Å². The number of ether oxygens (including phenoxy) is 1. The Labute approximate surface area is 96.7 Å². The minimum absolute atomic E-state index is 0.551. The van der Waals surface area contributed by atoms with Crippen molar-refractivity contribution in [1.82, 2.24) is 0 Å². The van der Waals surface area contributed by atoms with Gasteiger partial charge in [0.2, 0.25) is 0 Å². The molecule has 90 valence electrons. The smallest absolute Gasteiger partial charge is 0.122 e. The van der Waals surface area contributed by atoms with E-state index < -0.39 is 12.2 Å². The summed E-state index contributed by atoms with van der Waals surface area (Å²) in [6.07, 6.45) is 0.551. The molecule has 0 aromatic heterocycles. The number of benzene rings is 1. The van der Waals surface area contributed by atoms with Gasteiger partial charge in [0.05, 0.1) is 19.3 Å². The topological polar surface area (TPSA) is 49.7 Å². The summed E-state index contributed by atoms with van der Waals surface area (Å²) in [6.45, 7) is 1.86. The number of methoxy groups -OCH3 is 1. The van der Waals surface area contributed by atoms with Crippen LogP contribution in [0.25, 0.3) is 0 Å². The summed E-state index contributed by atoms with van der Waals surface area (Å²) in [6, 6.07) is 7.74. The van der Waals surface area contributed by atoms with Crippen molar-refractivity contribution < 1.29 is 14.9 Å². The molecular weight excluding hydrogens is 204 g/mol. The monoisotopic (exact) mass is 224 g/mol. The highest BCUT2D eigenvalue weighted by molar-refractivity contribution is 5.33. The summed E-state index contributed by atoms with van der Waals surface area (Å²) >= 11 is 0. The molecular formula is C13H20O3. The van der Waals surface area contributed by atoms with E-state index in [2.05, 4.69) is 0 Å². The zero-order valence-electron chi connectivity index (χ0n) is 9.89. The first-order chi connectivity index (χ1) is 7.69. The second-order valence-corrected chi connectivity index (χ2v) is 3.89. The fourth-order valence-corrected chi connectivity index (χ4v) is 1.68. The summed E-state index contributed by atoms with van der Waals surface area (Å²) in [7, 11) is 1.64. The number of aliphatic hydroxyl groups excluding tert-OH is 2. The Morgan fingerprint density at radius 2 is 1.88 bits per heavy atom. The molecule has 3 nitrogen and oxygen atoms in total. The summed E-state index contributed by atoms with van der Waals surface area (Å²) in [5.41, 5.74) is 1.06. The van der Waals surface area contributed by atoms with Crippen LogP contribution in [0.15, 0.2) is 24.3 Å². The third-order valence-electron chi connectivity index (χ3n) is 2.76. The van der Waals surface area contributed by atoms with Crippen molar-refractivity contribution in [2.75, 3.05) is 7.11 Å². The van der Waals surface area contributed by atoms with E-state index in [1.165, 1.54) is 0 Å². The Balaban J connectivity index is 2.54. The first-order valence-corrected chi connectivity index (χ1v) is 5.67. The maximum absolute atomic E-state index is 9.65. The molecule has 0 bridgehead atoms. The lowest BCUT2D eigenvalue weighted by Gasteiger charge is -2.16. The van der Waals surface area contributed by atoms with Crippen molar-refractivity contribution in [2.45, 2.75) is 38.4 Å². The van der Waals surface area contributed by atoms with E-state index in [0.717, 1.165) is 11.3 Å². The molecule has 0 aliphatic heterocycles. The van der Waals surface area contributed by atoms with Crippen LogP contribution < -0.4 is 4.74 Å². The van der Waals surface area contributed by atoms with Crippen LogP contribution in [0.1, 0.15) is 25.3 Å². The van der Waals surface area contributed by atoms with Gasteiger partial charge in [-0.1, -0.05) is 25.1 Å². The van der Waals surface area contributed by atoms with E-state index in [1.807, 2.05) is 31.2 Å². The number of para-hydroxylation sites is 1. The van der Waals surface area contributed by atoms with Gasteiger partial charge in [-0.3, -0.25) is 0 Å². The predicted molar refractivity (Wildman–Crippen MR) is 63.6 cm³/mol. The Morgan fingerprint density at radius 1 is 1.19 bits per heavy atom. The molecule has 0 saturated heterocycles. The predicted octanol–water partition coefficient (Wildman–Crippen LogP) is 1.76. The molecule has 2 unspecified atom stereocenters. The van der Waals surface area contributed by atoms with Crippen molar-refractivity contribution in [2.24, 2.45) is 0 Å². The molecule has 0 saturated carbocycles. The van der Waals surface area contributed by atoms with Crippen molar-refractivity contribution in [1.29, 1.82) is 0 Å². The van der Waals surface area contributed by atoms with Gasteiger partial charge in [-0.2, -0.15) is 0 Å². The number of hydrogen-bond acceptors (Lipinski definition) is 3. The van der Waals surface area contributed by atoms with Crippen LogP contribution in [-0.2, 0) is 6.42 Å². The minimum Gasteiger partial charge on any atom is -0.496 e. The second kappa shape index (κ2) is 6.51. The van der Waals surface area contributed by atoms with Crippen molar-refractivity contribution in [3.8, 4) is 5.75 Å². The van der Waals surface area contributed by atoms with Gasteiger partial charge in [-0.25, -0.2) is 0 Å². The van der Waals surface area contributed by atoms with E-state index >= 15 is 0 Å². The third-order valence-corrected chi connectivity index (χ3v) is 2.76. The molecule has 0 amide bonds. The Bertz CT molecular complexity index is 312. The quantitative estimate of drug-likeness (QED) is 0.774. The molecule has 0 heterocycles. The molecule has 0 radical (unpaired) electrons. The van der Waals surface area contributed by atoms with Crippen LogP contribution in [0.5, 0.6) is 5.75 Å². The number of hydrogen-bond donors (Lipinski definition) is 2. The molecule has 1 aromatic carbocycles. The first kappa shape index (κ1) is 13.0. The van der Waals surface area contributed by atoms with Crippen LogP contribution in [0.2, 0.25) is 0 Å². The minimum atomic E-state index is -0.657. The van der Waals surface area contributed by atoms with Gasteiger partial charge < -0.3 is 14.9 Å². The first-order valence-electron chi connectivity index (χ1n) is 5.67. The molecule has 0 spiro atoms. The molecule has 1 aromatic rings. The van der Waals surface area contributed by atoms with Crippen molar-refractivity contribution in [3.63, 3.8) is 0 Å². The van der Waals surface area contributed by atoms with Crippen molar-refractivity contribution >= 4 is 0 Å². The molecule has 16 heavy (non-hydrogen) atoms. The highest BCUT2D eigenvalue weighted by Gasteiger charge is 2.14.